The molecule has 0 amide bonds. The van der Waals surface area contributed by atoms with Gasteiger partial charge in [-0.3, -0.25) is 14.5 Å². The Bertz CT molecular complexity index is 391. The van der Waals surface area contributed by atoms with Crippen LogP contribution in [0, 0.1) is 5.92 Å². The van der Waals surface area contributed by atoms with Gasteiger partial charge in [0.25, 0.3) is 0 Å². The zero-order valence-corrected chi connectivity index (χ0v) is 12.7. The molecule has 5 rings (SSSR count). The van der Waals surface area contributed by atoms with E-state index >= 15 is 0 Å². The summed E-state index contributed by atoms with van der Waals surface area (Å²) in [6.07, 6.45) is 7.32. The van der Waals surface area contributed by atoms with E-state index in [0.717, 1.165) is 32.2 Å². The monoisotopic (exact) mass is 278 g/mol. The normalized spacial score (nSPS) is 40.7. The molecule has 0 aromatic carbocycles. The molecule has 4 unspecified atom stereocenters. The van der Waals surface area contributed by atoms with Crippen molar-refractivity contribution >= 4 is 11.6 Å². The van der Waals surface area contributed by atoms with Gasteiger partial charge in [0.1, 0.15) is 11.6 Å². The molecule has 5 fully saturated rings. The molecule has 0 aromatic rings. The van der Waals surface area contributed by atoms with Crippen LogP contribution in [-0.4, -0.2) is 60.1 Å². The first-order valence-electron chi connectivity index (χ1n) is 8.01. The fourth-order valence-corrected chi connectivity index (χ4v) is 4.31. The zero-order chi connectivity index (χ0) is 14.3. The second kappa shape index (κ2) is 5.57. The van der Waals surface area contributed by atoms with Gasteiger partial charge in [-0.2, -0.15) is 0 Å². The summed E-state index contributed by atoms with van der Waals surface area (Å²) in [6.45, 7) is 1.02. The zero-order valence-electron chi connectivity index (χ0n) is 12.7. The summed E-state index contributed by atoms with van der Waals surface area (Å²) in [7, 11) is 4.28. The number of Topliss-reactive ketones (excluding diaryl/α,β-unsaturated/α-hetero) is 2. The first-order valence-corrected chi connectivity index (χ1v) is 8.01. The lowest BCUT2D eigenvalue weighted by atomic mass is 9.79. The van der Waals surface area contributed by atoms with Crippen LogP contribution in [0.3, 0.4) is 0 Å². The lowest BCUT2D eigenvalue weighted by Crippen LogP contribution is -2.50. The smallest absolute Gasteiger partial charge is 0.138 e. The molecule has 20 heavy (non-hydrogen) atoms. The summed E-state index contributed by atoms with van der Waals surface area (Å²) in [4.78, 5) is 26.9. The Hall–Kier alpha value is -0.740. The van der Waals surface area contributed by atoms with Gasteiger partial charge in [-0.05, 0) is 39.8 Å². The predicted octanol–water partition coefficient (Wildman–Crippen LogP) is 1.48. The average Bonchev–Trinajstić information content (AvgIpc) is 2.63. The predicted molar refractivity (Wildman–Crippen MR) is 77.6 cm³/mol. The van der Waals surface area contributed by atoms with E-state index in [0.29, 0.717) is 35.6 Å². The van der Waals surface area contributed by atoms with Crippen molar-refractivity contribution in [2.75, 3.05) is 20.6 Å². The number of ketones is 2. The summed E-state index contributed by atoms with van der Waals surface area (Å²) in [5.41, 5.74) is 0. The number of carbonyl (C=O) groups excluding carboxylic acids is 2. The maximum absolute atomic E-state index is 11.2. The van der Waals surface area contributed by atoms with E-state index in [4.69, 9.17) is 0 Å². The number of hydrogen-bond donors (Lipinski definition) is 0. The van der Waals surface area contributed by atoms with Crippen LogP contribution < -0.4 is 0 Å². The number of nitrogens with zero attached hydrogens (tertiary/aromatic N) is 2. The van der Waals surface area contributed by atoms with Crippen molar-refractivity contribution in [1.29, 1.82) is 0 Å². The molecule has 0 aromatic heterocycles. The van der Waals surface area contributed by atoms with Gasteiger partial charge in [-0.25, -0.2) is 0 Å². The summed E-state index contributed by atoms with van der Waals surface area (Å²) in [5, 5.41) is 0. The summed E-state index contributed by atoms with van der Waals surface area (Å²) in [6, 6.07) is 1.76. The number of hydrogen-bond acceptors (Lipinski definition) is 4. The molecule has 4 atom stereocenters. The molecule has 4 bridgehead atoms. The standard InChI is InChI=1S/2C8H13NO/c1-9-5-6-2-3-7(9)4-8(6)10;1-9-6-2-3-7(9)5-8(10)4-6/h2*6-7H,2-5H2,1H3. The highest BCUT2D eigenvalue weighted by molar-refractivity contribution is 5.83. The second-order valence-corrected chi connectivity index (χ2v) is 7.04. The fraction of sp³-hybridized carbons (Fsp3) is 0.875. The Labute approximate surface area is 121 Å². The molecular weight excluding hydrogens is 252 g/mol. The van der Waals surface area contributed by atoms with E-state index in [9.17, 15) is 9.59 Å². The topological polar surface area (TPSA) is 40.6 Å². The summed E-state index contributed by atoms with van der Waals surface area (Å²) in [5.74, 6) is 1.37. The highest BCUT2D eigenvalue weighted by Gasteiger charge is 2.38. The van der Waals surface area contributed by atoms with Crippen molar-refractivity contribution in [3.05, 3.63) is 0 Å². The molecule has 5 aliphatic rings. The largest absolute Gasteiger partial charge is 0.302 e. The van der Waals surface area contributed by atoms with Crippen LogP contribution in [0.25, 0.3) is 0 Å². The average molecular weight is 278 g/mol. The van der Waals surface area contributed by atoms with Gasteiger partial charge in [0.05, 0.1) is 0 Å². The van der Waals surface area contributed by atoms with Crippen LogP contribution in [0.4, 0.5) is 0 Å². The quantitative estimate of drug-likeness (QED) is 0.673. The number of carbonyl (C=O) groups is 2. The molecule has 0 radical (unpaired) electrons. The van der Waals surface area contributed by atoms with Gasteiger partial charge in [-0.15, -0.1) is 0 Å². The van der Waals surface area contributed by atoms with Crippen LogP contribution >= 0.6 is 0 Å². The summed E-state index contributed by atoms with van der Waals surface area (Å²) >= 11 is 0. The maximum atomic E-state index is 11.2. The molecular formula is C16H26N2O2. The molecule has 1 saturated carbocycles. The molecule has 0 spiro atoms. The molecule has 0 N–H and O–H groups in total. The third-order valence-corrected chi connectivity index (χ3v) is 5.78. The highest BCUT2D eigenvalue weighted by atomic mass is 16.1. The Morgan fingerprint density at radius 1 is 0.850 bits per heavy atom. The fourth-order valence-electron chi connectivity index (χ4n) is 4.31. The van der Waals surface area contributed by atoms with Gasteiger partial charge < -0.3 is 4.90 Å². The number of fused-ring (bicyclic) bond motifs is 5. The van der Waals surface area contributed by atoms with Crippen molar-refractivity contribution in [2.24, 2.45) is 5.92 Å². The van der Waals surface area contributed by atoms with Crippen LogP contribution in [0.5, 0.6) is 0 Å². The van der Waals surface area contributed by atoms with Gasteiger partial charge in [0.2, 0.25) is 0 Å². The van der Waals surface area contributed by atoms with Crippen LogP contribution in [0.2, 0.25) is 0 Å². The molecule has 4 aliphatic heterocycles. The molecule has 4 nitrogen and oxygen atoms in total. The van der Waals surface area contributed by atoms with E-state index in [-0.39, 0.29) is 0 Å². The molecule has 1 aliphatic carbocycles. The second-order valence-electron chi connectivity index (χ2n) is 7.04. The molecule has 4 heterocycles. The van der Waals surface area contributed by atoms with Gasteiger partial charge in [-0.1, -0.05) is 0 Å². The van der Waals surface area contributed by atoms with E-state index < -0.39 is 0 Å². The van der Waals surface area contributed by atoms with Gasteiger partial charge in [0.15, 0.2) is 0 Å². The van der Waals surface area contributed by atoms with E-state index in [1.807, 2.05) is 0 Å². The van der Waals surface area contributed by atoms with Gasteiger partial charge >= 0.3 is 0 Å². The lowest BCUT2D eigenvalue weighted by molar-refractivity contribution is -0.131. The molecule has 4 saturated heterocycles. The minimum absolute atomic E-state index is 0.384. The molecule has 4 heteroatoms. The van der Waals surface area contributed by atoms with Crippen LogP contribution in [0.15, 0.2) is 0 Å². The number of rotatable bonds is 0. The Morgan fingerprint density at radius 2 is 1.45 bits per heavy atom. The Balaban J connectivity index is 0.000000121. The molecule has 112 valence electrons. The Morgan fingerprint density at radius 3 is 1.85 bits per heavy atom. The lowest BCUT2D eigenvalue weighted by Gasteiger charge is -2.42. The first-order chi connectivity index (χ1) is 9.54. The number of piperidine rings is 3. The van der Waals surface area contributed by atoms with Crippen molar-refractivity contribution in [1.82, 2.24) is 9.80 Å². The van der Waals surface area contributed by atoms with E-state index in [1.54, 1.807) is 0 Å². The highest BCUT2D eigenvalue weighted by Crippen LogP contribution is 2.32. The van der Waals surface area contributed by atoms with E-state index in [2.05, 4.69) is 23.9 Å². The first kappa shape index (κ1) is 14.2. The van der Waals surface area contributed by atoms with Crippen molar-refractivity contribution in [3.63, 3.8) is 0 Å². The van der Waals surface area contributed by atoms with Crippen molar-refractivity contribution in [2.45, 2.75) is 63.1 Å². The Kier molecular flexibility index (Phi) is 3.95. The van der Waals surface area contributed by atoms with Crippen LogP contribution in [-0.2, 0) is 9.59 Å². The minimum atomic E-state index is 0.384. The third kappa shape index (κ3) is 2.68. The summed E-state index contributed by atoms with van der Waals surface area (Å²) < 4.78 is 0. The van der Waals surface area contributed by atoms with Crippen molar-refractivity contribution < 1.29 is 9.59 Å². The van der Waals surface area contributed by atoms with Crippen LogP contribution in [0.1, 0.15) is 44.9 Å². The van der Waals surface area contributed by atoms with Gasteiger partial charge in [0, 0.05) is 49.9 Å². The van der Waals surface area contributed by atoms with E-state index in [1.165, 1.54) is 19.3 Å². The minimum Gasteiger partial charge on any atom is -0.302 e. The SMILES string of the molecule is CN1C2CCC1CC(=O)C2.CN1CC2CCC1CC2=O. The van der Waals surface area contributed by atoms with Crippen molar-refractivity contribution in [3.8, 4) is 0 Å². The maximum Gasteiger partial charge on any atom is 0.138 e. The third-order valence-electron chi connectivity index (χ3n) is 5.78.